The summed E-state index contributed by atoms with van der Waals surface area (Å²) >= 11 is 0. The summed E-state index contributed by atoms with van der Waals surface area (Å²) in [4.78, 5) is 10.3. The number of nitrogens with zero attached hydrogens (tertiary/aromatic N) is 3. The lowest BCUT2D eigenvalue weighted by atomic mass is 10.0. The molecule has 94 valence electrons. The molecule has 0 atom stereocenters. The maximum atomic E-state index is 10.3. The highest BCUT2D eigenvalue weighted by Gasteiger charge is 2.32. The van der Waals surface area contributed by atoms with E-state index >= 15 is 0 Å². The Labute approximate surface area is 102 Å². The monoisotopic (exact) mass is 236 g/mol. The molecular formula is C12H20N4O. The van der Waals surface area contributed by atoms with Gasteiger partial charge in [-0.05, 0) is 12.8 Å². The third kappa shape index (κ3) is 2.85. The fourth-order valence-electron chi connectivity index (χ4n) is 2.41. The molecule has 1 aliphatic rings. The lowest BCUT2D eigenvalue weighted by molar-refractivity contribution is 0.0558. The minimum Gasteiger partial charge on any atom is -0.388 e. The Bertz CT molecular complexity index is 377. The van der Waals surface area contributed by atoms with Crippen molar-refractivity contribution in [2.24, 2.45) is 0 Å². The van der Waals surface area contributed by atoms with Crippen LogP contribution in [0.25, 0.3) is 0 Å². The minimum atomic E-state index is -0.542. The van der Waals surface area contributed by atoms with Crippen LogP contribution in [0.1, 0.15) is 25.7 Å². The van der Waals surface area contributed by atoms with Crippen molar-refractivity contribution in [1.82, 2.24) is 9.97 Å². The molecular weight excluding hydrogens is 216 g/mol. The van der Waals surface area contributed by atoms with Crippen molar-refractivity contribution in [3.63, 3.8) is 0 Å². The zero-order chi connectivity index (χ0) is 12.3. The van der Waals surface area contributed by atoms with E-state index in [-0.39, 0.29) is 0 Å². The molecule has 0 radical (unpaired) electrons. The van der Waals surface area contributed by atoms with Gasteiger partial charge in [0.05, 0.1) is 5.60 Å². The third-order valence-electron chi connectivity index (χ3n) is 3.37. The molecule has 0 bridgehead atoms. The normalized spacial score (nSPS) is 18.1. The van der Waals surface area contributed by atoms with Gasteiger partial charge in [-0.2, -0.15) is 0 Å². The molecule has 1 heterocycles. The Morgan fingerprint density at radius 1 is 1.41 bits per heavy atom. The summed E-state index contributed by atoms with van der Waals surface area (Å²) in [7, 11) is 3.79. The van der Waals surface area contributed by atoms with Gasteiger partial charge in [0.1, 0.15) is 18.0 Å². The molecule has 1 saturated carbocycles. The second-order valence-electron chi connectivity index (χ2n) is 4.80. The predicted octanol–water partition coefficient (Wildman–Crippen LogP) is 1.26. The molecule has 1 aliphatic carbocycles. The first-order valence-corrected chi connectivity index (χ1v) is 6.06. The van der Waals surface area contributed by atoms with E-state index in [0.717, 1.165) is 37.3 Å². The molecule has 0 amide bonds. The highest BCUT2D eigenvalue weighted by molar-refractivity contribution is 5.47. The summed E-state index contributed by atoms with van der Waals surface area (Å²) in [6.07, 6.45) is 5.56. The van der Waals surface area contributed by atoms with Gasteiger partial charge in [0.2, 0.25) is 0 Å². The molecule has 0 saturated heterocycles. The molecule has 17 heavy (non-hydrogen) atoms. The van der Waals surface area contributed by atoms with Gasteiger partial charge in [-0.3, -0.25) is 0 Å². The van der Waals surface area contributed by atoms with Crippen LogP contribution in [0.3, 0.4) is 0 Å². The molecule has 0 spiro atoms. The largest absolute Gasteiger partial charge is 0.388 e. The summed E-state index contributed by atoms with van der Waals surface area (Å²) in [6, 6.07) is 1.89. The number of aromatic nitrogens is 2. The van der Waals surface area contributed by atoms with Crippen LogP contribution in [0.5, 0.6) is 0 Å². The van der Waals surface area contributed by atoms with Crippen LogP contribution in [0.4, 0.5) is 11.6 Å². The smallest absolute Gasteiger partial charge is 0.133 e. The topological polar surface area (TPSA) is 61.3 Å². The Kier molecular flexibility index (Phi) is 3.47. The molecule has 5 heteroatoms. The van der Waals surface area contributed by atoms with E-state index < -0.39 is 5.60 Å². The average molecular weight is 236 g/mol. The van der Waals surface area contributed by atoms with Crippen molar-refractivity contribution in [3.05, 3.63) is 12.4 Å². The molecule has 0 aliphatic heterocycles. The zero-order valence-corrected chi connectivity index (χ0v) is 10.5. The average Bonchev–Trinajstić information content (AvgIpc) is 2.76. The fourth-order valence-corrected chi connectivity index (χ4v) is 2.41. The van der Waals surface area contributed by atoms with Crippen LogP contribution >= 0.6 is 0 Å². The van der Waals surface area contributed by atoms with Gasteiger partial charge in [-0.1, -0.05) is 12.8 Å². The van der Waals surface area contributed by atoms with E-state index in [1.54, 1.807) is 0 Å². The van der Waals surface area contributed by atoms with Gasteiger partial charge in [0, 0.05) is 26.7 Å². The maximum absolute atomic E-state index is 10.3. The van der Waals surface area contributed by atoms with E-state index in [1.165, 1.54) is 6.33 Å². The first-order chi connectivity index (χ1) is 8.13. The number of hydrogen-bond donors (Lipinski definition) is 2. The fraction of sp³-hybridized carbons (Fsp3) is 0.667. The molecule has 2 N–H and O–H groups in total. The van der Waals surface area contributed by atoms with E-state index in [1.807, 2.05) is 25.1 Å². The Hall–Kier alpha value is -1.36. The van der Waals surface area contributed by atoms with Gasteiger partial charge < -0.3 is 15.3 Å². The number of likely N-dealkylation sites (N-methyl/N-ethyl adjacent to an activating group) is 1. The number of anilines is 2. The summed E-state index contributed by atoms with van der Waals surface area (Å²) in [6.45, 7) is 0.632. The lowest BCUT2D eigenvalue weighted by Crippen LogP contribution is -2.39. The van der Waals surface area contributed by atoms with Gasteiger partial charge in [-0.25, -0.2) is 9.97 Å². The molecule has 0 aromatic carbocycles. The third-order valence-corrected chi connectivity index (χ3v) is 3.37. The van der Waals surface area contributed by atoms with Gasteiger partial charge >= 0.3 is 0 Å². The first-order valence-electron chi connectivity index (χ1n) is 6.06. The Morgan fingerprint density at radius 3 is 2.76 bits per heavy atom. The van der Waals surface area contributed by atoms with Gasteiger partial charge in [0.15, 0.2) is 0 Å². The van der Waals surface area contributed by atoms with E-state index in [0.29, 0.717) is 6.54 Å². The van der Waals surface area contributed by atoms with E-state index in [4.69, 9.17) is 0 Å². The van der Waals surface area contributed by atoms with Crippen LogP contribution in [-0.2, 0) is 0 Å². The van der Waals surface area contributed by atoms with Crippen LogP contribution in [0.15, 0.2) is 12.4 Å². The number of aliphatic hydroxyl groups is 1. The second kappa shape index (κ2) is 4.87. The Balaban J connectivity index is 2.05. The first kappa shape index (κ1) is 12.1. The van der Waals surface area contributed by atoms with Crippen LogP contribution < -0.4 is 10.2 Å². The van der Waals surface area contributed by atoms with Gasteiger partial charge in [-0.15, -0.1) is 0 Å². The van der Waals surface area contributed by atoms with Crippen LogP contribution in [-0.4, -0.2) is 41.3 Å². The van der Waals surface area contributed by atoms with Crippen molar-refractivity contribution in [2.45, 2.75) is 31.3 Å². The van der Waals surface area contributed by atoms with E-state index in [2.05, 4.69) is 15.3 Å². The highest BCUT2D eigenvalue weighted by Crippen LogP contribution is 2.30. The SMILES string of the molecule is CNc1cc(N(C)CC2(O)CCCC2)ncn1. The predicted molar refractivity (Wildman–Crippen MR) is 68.3 cm³/mol. The lowest BCUT2D eigenvalue weighted by Gasteiger charge is -2.29. The van der Waals surface area contributed by atoms with Crippen molar-refractivity contribution in [2.75, 3.05) is 30.9 Å². The van der Waals surface area contributed by atoms with Gasteiger partial charge in [0.25, 0.3) is 0 Å². The van der Waals surface area contributed by atoms with Crippen molar-refractivity contribution < 1.29 is 5.11 Å². The summed E-state index contributed by atoms with van der Waals surface area (Å²) in [5, 5.41) is 13.3. The second-order valence-corrected chi connectivity index (χ2v) is 4.80. The zero-order valence-electron chi connectivity index (χ0n) is 10.5. The van der Waals surface area contributed by atoms with E-state index in [9.17, 15) is 5.11 Å². The van der Waals surface area contributed by atoms with Crippen molar-refractivity contribution >= 4 is 11.6 Å². The van der Waals surface area contributed by atoms with Crippen molar-refractivity contribution in [3.8, 4) is 0 Å². The number of hydrogen-bond acceptors (Lipinski definition) is 5. The quantitative estimate of drug-likeness (QED) is 0.824. The highest BCUT2D eigenvalue weighted by atomic mass is 16.3. The summed E-state index contributed by atoms with van der Waals surface area (Å²) in [5.41, 5.74) is -0.542. The molecule has 2 rings (SSSR count). The number of nitrogens with one attached hydrogen (secondary N) is 1. The molecule has 1 fully saturated rings. The maximum Gasteiger partial charge on any atom is 0.133 e. The van der Waals surface area contributed by atoms with Crippen LogP contribution in [0, 0.1) is 0 Å². The molecule has 0 unspecified atom stereocenters. The number of rotatable bonds is 4. The van der Waals surface area contributed by atoms with Crippen LogP contribution in [0.2, 0.25) is 0 Å². The minimum absolute atomic E-state index is 0.542. The summed E-state index contributed by atoms with van der Waals surface area (Å²) < 4.78 is 0. The van der Waals surface area contributed by atoms with Crippen molar-refractivity contribution in [1.29, 1.82) is 0 Å². The molecule has 1 aromatic heterocycles. The molecule has 1 aromatic rings. The standard InChI is InChI=1S/C12H20N4O/c1-13-10-7-11(15-9-14-10)16(2)8-12(17)5-3-4-6-12/h7,9,17H,3-6,8H2,1-2H3,(H,13,14,15). The summed E-state index contributed by atoms with van der Waals surface area (Å²) in [5.74, 6) is 1.63. The molecule has 5 nitrogen and oxygen atoms in total. The Morgan fingerprint density at radius 2 is 2.12 bits per heavy atom.